The lowest BCUT2D eigenvalue weighted by atomic mass is 9.85. The van der Waals surface area contributed by atoms with E-state index in [0.29, 0.717) is 19.3 Å². The van der Waals surface area contributed by atoms with Crippen LogP contribution in [0.4, 0.5) is 0 Å². The van der Waals surface area contributed by atoms with Crippen LogP contribution in [0.1, 0.15) is 206 Å². The SMILES string of the molecule is CC/C=C/C/C=C/C/C=C/C/C=C/C/C=C/CCCCCC(=O)O[C@@H](COC(=O)CCC/C=C/CC/C=C/CCCCCCCCCCCCCCCC)COP(=O)(O)OC1C(O)C(O)C(O)[C@H](O)C1O. The topological polar surface area (TPSA) is 210 Å². The summed E-state index contributed by atoms with van der Waals surface area (Å²) in [5.41, 5.74) is 0. The van der Waals surface area contributed by atoms with E-state index >= 15 is 0 Å². The lowest BCUT2D eigenvalue weighted by Gasteiger charge is -2.41. The van der Waals surface area contributed by atoms with Crippen LogP contribution >= 0.6 is 7.82 Å². The third-order valence-corrected chi connectivity index (χ3v) is 13.2. The smallest absolute Gasteiger partial charge is 0.462 e. The second-order valence-corrected chi connectivity index (χ2v) is 20.1. The van der Waals surface area contributed by atoms with Crippen LogP contribution in [0.5, 0.6) is 0 Å². The van der Waals surface area contributed by atoms with Crippen molar-refractivity contribution in [1.29, 1.82) is 0 Å². The Morgan fingerprint density at radius 2 is 0.831 bits per heavy atom. The van der Waals surface area contributed by atoms with Gasteiger partial charge in [0, 0.05) is 12.8 Å². The van der Waals surface area contributed by atoms with Gasteiger partial charge in [0.2, 0.25) is 0 Å². The number of phosphoric ester groups is 1. The van der Waals surface area contributed by atoms with Gasteiger partial charge in [-0.15, -0.1) is 0 Å². The van der Waals surface area contributed by atoms with Crippen LogP contribution in [0.3, 0.4) is 0 Å². The van der Waals surface area contributed by atoms with Gasteiger partial charge in [-0.1, -0.05) is 189 Å². The molecule has 0 aromatic rings. The first-order chi connectivity index (χ1) is 34.4. The van der Waals surface area contributed by atoms with Gasteiger partial charge >= 0.3 is 19.8 Å². The van der Waals surface area contributed by atoms with Crippen molar-refractivity contribution in [3.8, 4) is 0 Å². The molecule has 0 saturated heterocycles. The highest BCUT2D eigenvalue weighted by molar-refractivity contribution is 7.47. The Hall–Kier alpha value is -2.97. The van der Waals surface area contributed by atoms with Crippen LogP contribution in [0.25, 0.3) is 0 Å². The molecule has 0 heterocycles. The van der Waals surface area contributed by atoms with Crippen molar-refractivity contribution in [3.05, 3.63) is 85.1 Å². The molecular formula is C57H97O13P. The summed E-state index contributed by atoms with van der Waals surface area (Å²) in [5, 5.41) is 50.3. The maximum absolute atomic E-state index is 12.9. The Morgan fingerprint density at radius 1 is 0.451 bits per heavy atom. The minimum Gasteiger partial charge on any atom is -0.462 e. The van der Waals surface area contributed by atoms with Crippen molar-refractivity contribution in [2.24, 2.45) is 0 Å². The summed E-state index contributed by atoms with van der Waals surface area (Å²) in [6.45, 7) is 3.15. The van der Waals surface area contributed by atoms with E-state index < -0.39 is 75.7 Å². The molecule has 71 heavy (non-hydrogen) atoms. The summed E-state index contributed by atoms with van der Waals surface area (Å²) < 4.78 is 33.6. The fraction of sp³-hybridized carbons (Fsp3) is 0.719. The minimum atomic E-state index is -5.15. The first kappa shape index (κ1) is 66.0. The second-order valence-electron chi connectivity index (χ2n) is 18.7. The molecule has 0 bridgehead atoms. The first-order valence-corrected chi connectivity index (χ1v) is 28.9. The Bertz CT molecular complexity index is 1560. The van der Waals surface area contributed by atoms with Crippen LogP contribution in [-0.2, 0) is 32.7 Å². The highest BCUT2D eigenvalue weighted by Crippen LogP contribution is 2.47. The summed E-state index contributed by atoms with van der Waals surface area (Å²) in [6, 6.07) is 0. The van der Waals surface area contributed by atoms with Crippen LogP contribution < -0.4 is 0 Å². The molecular weight excluding hydrogens is 924 g/mol. The summed E-state index contributed by atoms with van der Waals surface area (Å²) in [6.07, 6.45) is 47.9. The average molecular weight is 1020 g/mol. The lowest BCUT2D eigenvalue weighted by Crippen LogP contribution is -2.64. The zero-order valence-corrected chi connectivity index (χ0v) is 44.6. The van der Waals surface area contributed by atoms with Crippen LogP contribution in [-0.4, -0.2) is 98.3 Å². The lowest BCUT2D eigenvalue weighted by molar-refractivity contribution is -0.220. The molecule has 0 aromatic heterocycles. The molecule has 408 valence electrons. The summed E-state index contributed by atoms with van der Waals surface area (Å²) in [5.74, 6) is -1.19. The van der Waals surface area contributed by atoms with Crippen molar-refractivity contribution in [1.82, 2.24) is 0 Å². The number of aliphatic hydroxyl groups excluding tert-OH is 5. The predicted octanol–water partition coefficient (Wildman–Crippen LogP) is 12.4. The molecule has 1 saturated carbocycles. The largest absolute Gasteiger partial charge is 0.472 e. The molecule has 0 spiro atoms. The predicted molar refractivity (Wildman–Crippen MR) is 285 cm³/mol. The van der Waals surface area contributed by atoms with Gasteiger partial charge in [0.15, 0.2) is 6.10 Å². The molecule has 0 radical (unpaired) electrons. The number of carbonyl (C=O) groups is 2. The number of hydrogen-bond donors (Lipinski definition) is 6. The standard InChI is InChI=1S/C57H97O13P/c1-3-5-7-9-11-13-15-17-19-21-23-24-25-26-28-29-31-33-35-37-39-41-43-45-50(58)67-47-49(48-68-71(65,66)70-57-55(63)53(61)52(60)54(62)56(57)64)69-51(59)46-44-42-40-38-36-34-32-30-27-22-20-18-16-14-12-10-8-6-4-2/h6,8,12,14,18,20,27,29-31,34,36-37,39,49,52-57,60-64H,3-5,7,9-11,13,15-17,19,21-26,28,32-33,35,38,40-48H2,1-2H3,(H,65,66)/b8-6+,14-12+,20-18+,30-27+,31-29+,36-34+,39-37+/t49-,52?,53-,54?,55?,56?,57?/m0/s1. The Balaban J connectivity index is 2.42. The zero-order chi connectivity index (χ0) is 52.1. The fourth-order valence-corrected chi connectivity index (χ4v) is 8.84. The van der Waals surface area contributed by atoms with Crippen molar-refractivity contribution in [3.63, 3.8) is 0 Å². The van der Waals surface area contributed by atoms with Gasteiger partial charge in [0.05, 0.1) is 6.61 Å². The number of rotatable bonds is 45. The summed E-state index contributed by atoms with van der Waals surface area (Å²) in [4.78, 5) is 35.9. The van der Waals surface area contributed by atoms with E-state index in [9.17, 15) is 44.6 Å². The molecule has 6 N–H and O–H groups in total. The number of allylic oxidation sites excluding steroid dienone is 14. The summed E-state index contributed by atoms with van der Waals surface area (Å²) in [7, 11) is -5.15. The van der Waals surface area contributed by atoms with E-state index in [1.54, 1.807) is 0 Å². The van der Waals surface area contributed by atoms with Gasteiger partial charge in [-0.05, 0) is 89.9 Å². The molecule has 0 amide bonds. The monoisotopic (exact) mass is 1020 g/mol. The van der Waals surface area contributed by atoms with E-state index in [2.05, 4.69) is 92.8 Å². The van der Waals surface area contributed by atoms with Gasteiger partial charge in [0.1, 0.15) is 43.2 Å². The molecule has 1 fully saturated rings. The number of ether oxygens (including phenoxy) is 2. The quantitative estimate of drug-likeness (QED) is 0.0145. The van der Waals surface area contributed by atoms with Crippen LogP contribution in [0, 0.1) is 0 Å². The molecule has 0 aromatic carbocycles. The molecule has 1 aliphatic rings. The van der Waals surface area contributed by atoms with Gasteiger partial charge in [-0.25, -0.2) is 4.57 Å². The van der Waals surface area contributed by atoms with Crippen LogP contribution in [0.2, 0.25) is 0 Å². The van der Waals surface area contributed by atoms with Gasteiger partial charge in [-0.3, -0.25) is 18.6 Å². The molecule has 6 unspecified atom stereocenters. The highest BCUT2D eigenvalue weighted by Gasteiger charge is 2.51. The number of carbonyl (C=O) groups excluding carboxylic acids is 2. The van der Waals surface area contributed by atoms with E-state index in [-0.39, 0.29) is 12.8 Å². The van der Waals surface area contributed by atoms with E-state index in [1.807, 2.05) is 6.08 Å². The minimum absolute atomic E-state index is 0.0452. The zero-order valence-electron chi connectivity index (χ0n) is 43.7. The average Bonchev–Trinajstić information content (AvgIpc) is 3.35. The number of hydrogen-bond acceptors (Lipinski definition) is 12. The first-order valence-electron chi connectivity index (χ1n) is 27.4. The molecule has 1 aliphatic carbocycles. The van der Waals surface area contributed by atoms with Gasteiger partial charge < -0.3 is 39.9 Å². The molecule has 13 nitrogen and oxygen atoms in total. The van der Waals surface area contributed by atoms with Gasteiger partial charge in [-0.2, -0.15) is 0 Å². The number of unbranched alkanes of at least 4 members (excludes halogenated alkanes) is 19. The number of aliphatic hydroxyl groups is 5. The van der Waals surface area contributed by atoms with Crippen LogP contribution in [0.15, 0.2) is 85.1 Å². The van der Waals surface area contributed by atoms with E-state index in [1.165, 1.54) is 89.9 Å². The molecule has 0 aliphatic heterocycles. The maximum Gasteiger partial charge on any atom is 0.472 e. The Labute approximate surface area is 428 Å². The van der Waals surface area contributed by atoms with Crippen molar-refractivity contribution < 1.29 is 63.1 Å². The molecule has 8 atom stereocenters. The molecule has 1 rings (SSSR count). The van der Waals surface area contributed by atoms with Crippen molar-refractivity contribution >= 4 is 19.8 Å². The van der Waals surface area contributed by atoms with E-state index in [4.69, 9.17) is 18.5 Å². The van der Waals surface area contributed by atoms with Crippen molar-refractivity contribution in [2.45, 2.75) is 249 Å². The second kappa shape index (κ2) is 45.6. The maximum atomic E-state index is 12.9. The Morgan fingerprint density at radius 3 is 1.32 bits per heavy atom. The third-order valence-electron chi connectivity index (χ3n) is 12.2. The fourth-order valence-electron chi connectivity index (χ4n) is 7.86. The highest BCUT2D eigenvalue weighted by atomic mass is 31.2. The normalized spacial score (nSPS) is 21.3. The van der Waals surface area contributed by atoms with E-state index in [0.717, 1.165) is 70.6 Å². The van der Waals surface area contributed by atoms with Crippen molar-refractivity contribution in [2.75, 3.05) is 13.2 Å². The Kier molecular flexibility index (Phi) is 42.4. The third kappa shape index (κ3) is 37.4. The number of esters is 2. The molecule has 14 heteroatoms. The summed E-state index contributed by atoms with van der Waals surface area (Å²) >= 11 is 0. The van der Waals surface area contributed by atoms with Gasteiger partial charge in [0.25, 0.3) is 0 Å². The number of phosphoric acid groups is 1.